The van der Waals surface area contributed by atoms with Crippen molar-refractivity contribution >= 4 is 23.7 Å². The summed E-state index contributed by atoms with van der Waals surface area (Å²) in [7, 11) is 2.92. The van der Waals surface area contributed by atoms with E-state index in [1.54, 1.807) is 24.3 Å². The molecule has 3 atom stereocenters. The first kappa shape index (κ1) is 27.8. The highest BCUT2D eigenvalue weighted by molar-refractivity contribution is 6.15. The fourth-order valence-electron chi connectivity index (χ4n) is 5.70. The predicted octanol–water partition coefficient (Wildman–Crippen LogP) is 1.79. The molecule has 0 heterocycles. The predicted molar refractivity (Wildman–Crippen MR) is 139 cm³/mol. The van der Waals surface area contributed by atoms with Gasteiger partial charge in [0.15, 0.2) is 17.2 Å². The summed E-state index contributed by atoms with van der Waals surface area (Å²) in [5.41, 5.74) is 4.69. The molecule has 0 bridgehead atoms. The Morgan fingerprint density at radius 3 is 2.56 bits per heavy atom. The third-order valence-corrected chi connectivity index (χ3v) is 7.46. The number of carbonyl (C=O) groups excluding carboxylic acids is 3. The lowest BCUT2D eigenvalue weighted by Crippen LogP contribution is -2.54. The van der Waals surface area contributed by atoms with E-state index in [9.17, 15) is 34.8 Å². The number of methoxy groups -OCH3 is 1. The van der Waals surface area contributed by atoms with E-state index in [4.69, 9.17) is 15.3 Å². The number of ether oxygens (including phenoxy) is 1. The number of phenolic OH excluding ortho intramolecular Hbond substituents is 1. The molecule has 0 aromatic heterocycles. The van der Waals surface area contributed by atoms with Crippen LogP contribution in [0.2, 0.25) is 0 Å². The Bertz CT molecular complexity index is 1400. The van der Waals surface area contributed by atoms with E-state index in [1.165, 1.54) is 26.5 Å². The number of aliphatic hydroxyl groups is 3. The van der Waals surface area contributed by atoms with Crippen LogP contribution in [0.25, 0.3) is 11.1 Å². The molecular formula is C28H30N2O9. The molecule has 0 spiro atoms. The number of nitrogens with zero attached hydrogens (tertiary/aromatic N) is 1. The van der Waals surface area contributed by atoms with Gasteiger partial charge in [-0.2, -0.15) is 0 Å². The van der Waals surface area contributed by atoms with E-state index in [1.807, 2.05) is 0 Å². The van der Waals surface area contributed by atoms with E-state index in [-0.39, 0.29) is 36.1 Å². The van der Waals surface area contributed by atoms with E-state index in [0.717, 1.165) is 0 Å². The van der Waals surface area contributed by atoms with Crippen LogP contribution in [-0.2, 0) is 20.8 Å². The van der Waals surface area contributed by atoms with E-state index in [0.29, 0.717) is 28.0 Å². The number of aromatic hydroxyl groups is 1. The van der Waals surface area contributed by atoms with Gasteiger partial charge >= 0.3 is 0 Å². The van der Waals surface area contributed by atoms with Crippen LogP contribution in [0.5, 0.6) is 11.5 Å². The molecule has 39 heavy (non-hydrogen) atoms. The smallest absolute Gasteiger partial charge is 0.225 e. The van der Waals surface area contributed by atoms with Crippen LogP contribution >= 0.6 is 0 Å². The lowest BCUT2D eigenvalue weighted by Gasteiger charge is -2.43. The van der Waals surface area contributed by atoms with Crippen molar-refractivity contribution < 1.29 is 44.4 Å². The third-order valence-electron chi connectivity index (χ3n) is 7.46. The summed E-state index contributed by atoms with van der Waals surface area (Å²) in [6, 6.07) is 8.30. The molecule has 2 aromatic carbocycles. The monoisotopic (exact) mass is 538 g/mol. The van der Waals surface area contributed by atoms with E-state index >= 15 is 0 Å². The number of amides is 1. The quantitative estimate of drug-likeness (QED) is 0.180. The van der Waals surface area contributed by atoms with E-state index < -0.39 is 53.7 Å². The van der Waals surface area contributed by atoms with Gasteiger partial charge in [-0.05, 0) is 66.1 Å². The zero-order valence-corrected chi connectivity index (χ0v) is 21.5. The molecule has 206 valence electrons. The van der Waals surface area contributed by atoms with Gasteiger partial charge in [0.2, 0.25) is 5.91 Å². The Balaban J connectivity index is 1.91. The van der Waals surface area contributed by atoms with Crippen LogP contribution in [0.15, 0.2) is 46.8 Å². The molecule has 2 aliphatic carbocycles. The fraction of sp³-hybridized carbons (Fsp3) is 0.357. The number of Topliss-reactive ketones (excluding diaryl/α,β-unsaturated/α-hetero) is 2. The molecule has 4 rings (SSSR count). The highest BCUT2D eigenvalue weighted by Gasteiger charge is 2.55. The van der Waals surface area contributed by atoms with Gasteiger partial charge in [-0.15, -0.1) is 0 Å². The van der Waals surface area contributed by atoms with Crippen molar-refractivity contribution in [1.82, 2.24) is 0 Å². The number of ketones is 2. The summed E-state index contributed by atoms with van der Waals surface area (Å²) in [6.07, 6.45) is 0.801. The Labute approximate surface area is 224 Å². The Morgan fingerprint density at radius 1 is 1.18 bits per heavy atom. The molecule has 1 amide bonds. The van der Waals surface area contributed by atoms with Crippen molar-refractivity contribution in [2.75, 3.05) is 20.8 Å². The Hall–Kier alpha value is -4.22. The molecule has 0 aliphatic heterocycles. The highest BCUT2D eigenvalue weighted by Crippen LogP contribution is 2.50. The average Bonchev–Trinajstić information content (AvgIpc) is 2.90. The zero-order valence-electron chi connectivity index (χ0n) is 21.5. The van der Waals surface area contributed by atoms with Crippen molar-refractivity contribution in [3.05, 3.63) is 58.4 Å². The van der Waals surface area contributed by atoms with Gasteiger partial charge in [-0.25, -0.2) is 0 Å². The molecule has 2 aliphatic rings. The number of phenols is 1. The topological polar surface area (TPSA) is 189 Å². The first-order chi connectivity index (χ1) is 18.6. The summed E-state index contributed by atoms with van der Waals surface area (Å²) in [6.45, 7) is -0.407. The molecule has 6 N–H and O–H groups in total. The molecule has 0 fully saturated rings. The van der Waals surface area contributed by atoms with Gasteiger partial charge in [-0.3, -0.25) is 14.4 Å². The molecule has 2 aromatic rings. The first-order valence-corrected chi connectivity index (χ1v) is 12.3. The highest BCUT2D eigenvalue weighted by atomic mass is 16.6. The number of fused-ring (bicyclic) bond motifs is 2. The maximum Gasteiger partial charge on any atom is 0.225 e. The third kappa shape index (κ3) is 4.75. The summed E-state index contributed by atoms with van der Waals surface area (Å²) in [5, 5.41) is 46.8. The van der Waals surface area contributed by atoms with Crippen molar-refractivity contribution in [1.29, 1.82) is 0 Å². The summed E-state index contributed by atoms with van der Waals surface area (Å²) >= 11 is 0. The number of aliphatic hydroxyl groups excluding tert-OH is 2. The normalized spacial score (nSPS) is 22.4. The number of carbonyl (C=O) groups is 3. The van der Waals surface area contributed by atoms with Gasteiger partial charge in [0.25, 0.3) is 0 Å². The standard InChI is InChI=1S/C28H30N2O9/c1-38-21-6-3-14(13-30-39-2)9-18(21)17-4-5-20(32)25-19(17)11-15-10-16(7-8-31)28(37,22(33)12-23(29)34)27(36)24(15)26(25)35/h3-6,9,13,15-16,31-32,36-37H,7-8,10-12H2,1-2H3,(H2,29,34)/b30-13+/t15-,16-,28-/m1/s1. The molecule has 11 nitrogen and oxygen atoms in total. The zero-order chi connectivity index (χ0) is 28.5. The second-order valence-electron chi connectivity index (χ2n) is 9.63. The maximum atomic E-state index is 13.8. The molecule has 0 unspecified atom stereocenters. The Morgan fingerprint density at radius 2 is 1.92 bits per heavy atom. The van der Waals surface area contributed by atoms with E-state index in [2.05, 4.69) is 5.16 Å². The number of hydrogen-bond acceptors (Lipinski definition) is 10. The molecule has 0 radical (unpaired) electrons. The first-order valence-electron chi connectivity index (χ1n) is 12.3. The fourth-order valence-corrected chi connectivity index (χ4v) is 5.70. The number of benzene rings is 2. The van der Waals surface area contributed by atoms with Crippen LogP contribution in [-0.4, -0.2) is 70.5 Å². The van der Waals surface area contributed by atoms with Gasteiger partial charge in [0.05, 0.1) is 25.3 Å². The average molecular weight is 539 g/mol. The van der Waals surface area contributed by atoms with Crippen molar-refractivity contribution in [2.24, 2.45) is 22.7 Å². The number of hydrogen-bond donors (Lipinski definition) is 5. The number of allylic oxidation sites excluding steroid dienone is 1. The molecule has 0 saturated heterocycles. The van der Waals surface area contributed by atoms with Crippen LogP contribution in [0.3, 0.4) is 0 Å². The summed E-state index contributed by atoms with van der Waals surface area (Å²) in [5.74, 6) is -5.16. The van der Waals surface area contributed by atoms with Crippen LogP contribution in [0.4, 0.5) is 0 Å². The lowest BCUT2D eigenvalue weighted by atomic mass is 9.62. The maximum absolute atomic E-state index is 13.8. The minimum absolute atomic E-state index is 0.0545. The molecular weight excluding hydrogens is 508 g/mol. The molecule has 0 saturated carbocycles. The second-order valence-corrected chi connectivity index (χ2v) is 9.63. The summed E-state index contributed by atoms with van der Waals surface area (Å²) in [4.78, 5) is 42.9. The number of nitrogens with two attached hydrogens (primary N) is 1. The summed E-state index contributed by atoms with van der Waals surface area (Å²) < 4.78 is 5.56. The van der Waals surface area contributed by atoms with Crippen LogP contribution in [0.1, 0.15) is 40.7 Å². The second kappa shape index (κ2) is 10.9. The number of rotatable bonds is 9. The van der Waals surface area contributed by atoms with Crippen LogP contribution < -0.4 is 10.5 Å². The van der Waals surface area contributed by atoms with Gasteiger partial charge < -0.3 is 35.7 Å². The van der Waals surface area contributed by atoms with Gasteiger partial charge in [-0.1, -0.05) is 11.2 Å². The van der Waals surface area contributed by atoms with Gasteiger partial charge in [0, 0.05) is 23.7 Å². The number of primary amides is 1. The Kier molecular flexibility index (Phi) is 7.75. The SMILES string of the molecule is CO/N=C/c1ccc(OC)c(-c2ccc(O)c3c2C[C@H]2C[C@@H](CCO)[C@@](O)(C(=O)CC(N)=O)C(O)=C2C3=O)c1. The van der Waals surface area contributed by atoms with Crippen molar-refractivity contribution in [2.45, 2.75) is 31.3 Å². The lowest BCUT2D eigenvalue weighted by molar-refractivity contribution is -0.147. The number of oxime groups is 1. The van der Waals surface area contributed by atoms with Crippen molar-refractivity contribution in [3.8, 4) is 22.6 Å². The molecule has 11 heteroatoms. The van der Waals surface area contributed by atoms with Crippen molar-refractivity contribution in [3.63, 3.8) is 0 Å². The largest absolute Gasteiger partial charge is 0.508 e. The van der Waals surface area contributed by atoms with Crippen LogP contribution in [0, 0.1) is 11.8 Å². The minimum atomic E-state index is -2.58. The van der Waals surface area contributed by atoms with Gasteiger partial charge in [0.1, 0.15) is 24.4 Å². The minimum Gasteiger partial charge on any atom is -0.508 e.